The molecule has 1 aromatic carbocycles. The second-order valence-corrected chi connectivity index (χ2v) is 11.4. The number of thiophene rings is 1. The standard InChI is InChI=1S/C25H27BrN2O2S/c1-25(2,3)16-6-9-20-15(12-16)13-19-21(22(23(27)30)31-24(19)28-20)18(10-11-29)14-4-7-17(26)8-5-14/h4-5,7-8,11,13,16,18H,6,9-10,12H2,1-3H3,(H2,27,30)/t16?,18-/m1/s1. The van der Waals surface area contributed by atoms with E-state index in [2.05, 4.69) is 42.8 Å². The summed E-state index contributed by atoms with van der Waals surface area (Å²) in [6.45, 7) is 6.89. The van der Waals surface area contributed by atoms with Crippen molar-refractivity contribution in [2.75, 3.05) is 0 Å². The highest BCUT2D eigenvalue weighted by Gasteiger charge is 2.31. The molecular formula is C25H27BrN2O2S. The zero-order valence-corrected chi connectivity index (χ0v) is 20.5. The third-order valence-corrected chi connectivity index (χ3v) is 8.15. The van der Waals surface area contributed by atoms with Crippen LogP contribution in [0.2, 0.25) is 0 Å². The highest BCUT2D eigenvalue weighted by atomic mass is 79.9. The van der Waals surface area contributed by atoms with Gasteiger partial charge >= 0.3 is 0 Å². The fraction of sp³-hybridized carbons (Fsp3) is 0.400. The van der Waals surface area contributed by atoms with Gasteiger partial charge in [-0.05, 0) is 65.5 Å². The van der Waals surface area contributed by atoms with Gasteiger partial charge in [0.25, 0.3) is 5.91 Å². The second-order valence-electron chi connectivity index (χ2n) is 9.47. The maximum absolute atomic E-state index is 12.4. The number of halogens is 1. The van der Waals surface area contributed by atoms with Gasteiger partial charge in [0.15, 0.2) is 0 Å². The molecular weight excluding hydrogens is 472 g/mol. The third-order valence-electron chi connectivity index (χ3n) is 6.49. The molecule has 1 aliphatic carbocycles. The largest absolute Gasteiger partial charge is 0.365 e. The molecule has 2 aromatic heterocycles. The van der Waals surface area contributed by atoms with Crippen LogP contribution in [0, 0.1) is 11.3 Å². The molecule has 2 heterocycles. The molecule has 0 fully saturated rings. The minimum Gasteiger partial charge on any atom is -0.365 e. The van der Waals surface area contributed by atoms with E-state index in [1.54, 1.807) is 0 Å². The first kappa shape index (κ1) is 22.2. The summed E-state index contributed by atoms with van der Waals surface area (Å²) < 4.78 is 0.968. The van der Waals surface area contributed by atoms with E-state index in [-0.39, 0.29) is 17.8 Å². The first-order valence-electron chi connectivity index (χ1n) is 10.6. The van der Waals surface area contributed by atoms with Crippen LogP contribution in [-0.2, 0) is 17.6 Å². The van der Waals surface area contributed by atoms with Crippen LogP contribution in [0.4, 0.5) is 0 Å². The number of primary amides is 1. The van der Waals surface area contributed by atoms with Crippen molar-refractivity contribution < 1.29 is 9.59 Å². The number of nitrogens with two attached hydrogens (primary N) is 1. The minimum atomic E-state index is -0.462. The van der Waals surface area contributed by atoms with Crippen LogP contribution in [0.25, 0.3) is 10.2 Å². The van der Waals surface area contributed by atoms with E-state index >= 15 is 0 Å². The summed E-state index contributed by atoms with van der Waals surface area (Å²) in [5, 5.41) is 0.960. The lowest BCUT2D eigenvalue weighted by Crippen LogP contribution is -2.27. The SMILES string of the molecule is CC(C)(C)C1CCc2nc3sc(C(N)=O)c([C@H](CC=O)c4ccc(Br)cc4)c3cc2C1. The van der Waals surface area contributed by atoms with E-state index in [9.17, 15) is 9.59 Å². The Morgan fingerprint density at radius 3 is 2.65 bits per heavy atom. The van der Waals surface area contributed by atoms with Crippen LogP contribution in [0.5, 0.6) is 0 Å². The Morgan fingerprint density at radius 2 is 2.03 bits per heavy atom. The number of aromatic nitrogens is 1. The number of hydrogen-bond donors (Lipinski definition) is 1. The Kier molecular flexibility index (Phi) is 6.05. The van der Waals surface area contributed by atoms with Gasteiger partial charge < -0.3 is 10.5 Å². The van der Waals surface area contributed by atoms with Crippen molar-refractivity contribution in [3.63, 3.8) is 0 Å². The van der Waals surface area contributed by atoms with E-state index in [0.29, 0.717) is 10.8 Å². The number of nitrogens with zero attached hydrogens (tertiary/aromatic N) is 1. The van der Waals surface area contributed by atoms with Crippen LogP contribution in [0.15, 0.2) is 34.8 Å². The van der Waals surface area contributed by atoms with Gasteiger partial charge in [-0.2, -0.15) is 0 Å². The van der Waals surface area contributed by atoms with E-state index < -0.39 is 5.91 Å². The highest BCUT2D eigenvalue weighted by molar-refractivity contribution is 9.10. The number of aldehydes is 1. The number of amides is 1. The quantitative estimate of drug-likeness (QED) is 0.436. The van der Waals surface area contributed by atoms with Gasteiger partial charge in [0.05, 0.1) is 4.88 Å². The molecule has 0 spiro atoms. The van der Waals surface area contributed by atoms with Crippen molar-refractivity contribution in [3.05, 3.63) is 62.1 Å². The molecule has 6 heteroatoms. The first-order valence-corrected chi connectivity index (χ1v) is 12.2. The Balaban J connectivity index is 1.90. The van der Waals surface area contributed by atoms with Gasteiger partial charge in [0, 0.05) is 27.9 Å². The molecule has 4 nitrogen and oxygen atoms in total. The van der Waals surface area contributed by atoms with E-state index in [1.807, 2.05) is 24.3 Å². The van der Waals surface area contributed by atoms with Gasteiger partial charge in [0.2, 0.25) is 0 Å². The van der Waals surface area contributed by atoms with Crippen molar-refractivity contribution >= 4 is 49.7 Å². The van der Waals surface area contributed by atoms with Crippen LogP contribution in [-0.4, -0.2) is 17.2 Å². The van der Waals surface area contributed by atoms with Crippen molar-refractivity contribution in [1.29, 1.82) is 0 Å². The Labute approximate surface area is 195 Å². The molecule has 1 aliphatic rings. The average molecular weight is 499 g/mol. The smallest absolute Gasteiger partial charge is 0.259 e. The molecule has 31 heavy (non-hydrogen) atoms. The molecule has 0 saturated carbocycles. The normalized spacial score (nSPS) is 17.4. The number of hydrogen-bond acceptors (Lipinski definition) is 4. The summed E-state index contributed by atoms with van der Waals surface area (Å²) in [5.41, 5.74) is 10.3. The molecule has 0 saturated heterocycles. The Morgan fingerprint density at radius 1 is 1.32 bits per heavy atom. The fourth-order valence-electron chi connectivity index (χ4n) is 4.67. The van der Waals surface area contributed by atoms with Crippen molar-refractivity contribution in [2.24, 2.45) is 17.1 Å². The molecule has 4 rings (SSSR count). The fourth-order valence-corrected chi connectivity index (χ4v) is 6.03. The molecule has 0 bridgehead atoms. The van der Waals surface area contributed by atoms with Gasteiger partial charge in [-0.25, -0.2) is 4.98 Å². The van der Waals surface area contributed by atoms with Crippen molar-refractivity contribution in [2.45, 2.75) is 52.4 Å². The maximum Gasteiger partial charge on any atom is 0.259 e. The van der Waals surface area contributed by atoms with Crippen LogP contribution >= 0.6 is 27.3 Å². The number of benzene rings is 1. The molecule has 1 amide bonds. The topological polar surface area (TPSA) is 73.0 Å². The van der Waals surface area contributed by atoms with Gasteiger partial charge in [-0.3, -0.25) is 4.79 Å². The molecule has 0 aliphatic heterocycles. The molecule has 0 radical (unpaired) electrons. The summed E-state index contributed by atoms with van der Waals surface area (Å²) >= 11 is 4.82. The van der Waals surface area contributed by atoms with Crippen molar-refractivity contribution in [1.82, 2.24) is 4.98 Å². The van der Waals surface area contributed by atoms with E-state index in [0.717, 1.165) is 57.1 Å². The third kappa shape index (κ3) is 4.33. The zero-order chi connectivity index (χ0) is 22.3. The molecule has 3 aromatic rings. The van der Waals surface area contributed by atoms with Crippen LogP contribution in [0.1, 0.15) is 71.6 Å². The van der Waals surface area contributed by atoms with Crippen LogP contribution in [0.3, 0.4) is 0 Å². The minimum absolute atomic E-state index is 0.233. The van der Waals surface area contributed by atoms with Gasteiger partial charge in [-0.1, -0.05) is 48.8 Å². The summed E-state index contributed by atoms with van der Waals surface area (Å²) in [6, 6.07) is 10.1. The lowest BCUT2D eigenvalue weighted by molar-refractivity contribution is -0.108. The second kappa shape index (κ2) is 8.47. The highest BCUT2D eigenvalue weighted by Crippen LogP contribution is 2.43. The predicted molar refractivity (Wildman–Crippen MR) is 130 cm³/mol. The number of fused-ring (bicyclic) bond motifs is 2. The number of carbonyl (C=O) groups is 2. The van der Waals surface area contributed by atoms with Gasteiger partial charge in [0.1, 0.15) is 11.1 Å². The Hall–Kier alpha value is -2.05. The Bertz CT molecular complexity index is 1150. The summed E-state index contributed by atoms with van der Waals surface area (Å²) in [7, 11) is 0. The van der Waals surface area contributed by atoms with Crippen molar-refractivity contribution in [3.8, 4) is 0 Å². The number of aryl methyl sites for hydroxylation is 1. The molecule has 2 N–H and O–H groups in total. The molecule has 2 atom stereocenters. The maximum atomic E-state index is 12.4. The number of pyridine rings is 1. The summed E-state index contributed by atoms with van der Waals surface area (Å²) in [5.74, 6) is -0.102. The summed E-state index contributed by atoms with van der Waals surface area (Å²) in [4.78, 5) is 30.3. The lowest BCUT2D eigenvalue weighted by atomic mass is 9.71. The molecule has 162 valence electrons. The number of carbonyl (C=O) groups excluding carboxylic acids is 2. The monoisotopic (exact) mass is 498 g/mol. The van der Waals surface area contributed by atoms with Crippen LogP contribution < -0.4 is 5.73 Å². The van der Waals surface area contributed by atoms with E-state index in [4.69, 9.17) is 10.7 Å². The van der Waals surface area contributed by atoms with Gasteiger partial charge in [-0.15, -0.1) is 11.3 Å². The number of rotatable bonds is 5. The predicted octanol–water partition coefficient (Wildman–Crippen LogP) is 6.03. The zero-order valence-electron chi connectivity index (χ0n) is 18.1. The molecule has 1 unspecified atom stereocenters. The first-order chi connectivity index (χ1) is 14.7. The average Bonchev–Trinajstić information content (AvgIpc) is 3.08. The lowest BCUT2D eigenvalue weighted by Gasteiger charge is -2.34. The summed E-state index contributed by atoms with van der Waals surface area (Å²) in [6.07, 6.45) is 4.27. The van der Waals surface area contributed by atoms with E-state index in [1.165, 1.54) is 16.9 Å².